The van der Waals surface area contributed by atoms with Crippen LogP contribution in [0.25, 0.3) is 0 Å². The fourth-order valence-electron chi connectivity index (χ4n) is 3.55. The minimum Gasteiger partial charge on any atom is -0.370 e. The molecule has 1 aliphatic heterocycles. The van der Waals surface area contributed by atoms with E-state index >= 15 is 0 Å². The summed E-state index contributed by atoms with van der Waals surface area (Å²) in [6.07, 6.45) is 12.1. The lowest BCUT2D eigenvalue weighted by atomic mass is 9.98. The van der Waals surface area contributed by atoms with Gasteiger partial charge in [0.25, 0.3) is 0 Å². The van der Waals surface area contributed by atoms with E-state index in [4.69, 9.17) is 10.5 Å². The zero-order valence-corrected chi connectivity index (χ0v) is 12.0. The van der Waals surface area contributed by atoms with Gasteiger partial charge in [0.2, 0.25) is 0 Å². The summed E-state index contributed by atoms with van der Waals surface area (Å²) in [5.41, 5.74) is 5.81. The Kier molecular flexibility index (Phi) is 5.46. The molecule has 1 heterocycles. The fraction of sp³-hybridized carbons (Fsp3) is 1.00. The van der Waals surface area contributed by atoms with Gasteiger partial charge < -0.3 is 15.4 Å². The van der Waals surface area contributed by atoms with E-state index in [2.05, 4.69) is 11.9 Å². The summed E-state index contributed by atoms with van der Waals surface area (Å²) < 4.78 is 6.35. The van der Waals surface area contributed by atoms with E-state index in [0.717, 1.165) is 19.5 Å². The molecule has 1 aliphatic carbocycles. The third-order valence-electron chi connectivity index (χ3n) is 4.61. The maximum atomic E-state index is 6.35. The molecule has 1 atom stereocenters. The van der Waals surface area contributed by atoms with Crippen LogP contribution < -0.4 is 5.73 Å². The second kappa shape index (κ2) is 6.88. The molecule has 0 aromatic heterocycles. The topological polar surface area (TPSA) is 38.5 Å². The van der Waals surface area contributed by atoms with Gasteiger partial charge in [-0.25, -0.2) is 0 Å². The van der Waals surface area contributed by atoms with Gasteiger partial charge in [-0.2, -0.15) is 0 Å². The molecule has 2 rings (SSSR count). The summed E-state index contributed by atoms with van der Waals surface area (Å²) in [6.45, 7) is 3.13. The second-order valence-electron chi connectivity index (χ2n) is 6.28. The molecule has 2 aliphatic rings. The molecule has 1 spiro atoms. The van der Waals surface area contributed by atoms with E-state index < -0.39 is 0 Å². The minimum absolute atomic E-state index is 0.297. The van der Waals surface area contributed by atoms with Crippen LogP contribution >= 0.6 is 0 Å². The Hall–Kier alpha value is -0.120. The first kappa shape index (κ1) is 14.3. The highest BCUT2D eigenvalue weighted by molar-refractivity contribution is 4.93. The Bertz CT molecular complexity index is 239. The third-order valence-corrected chi connectivity index (χ3v) is 4.61. The Labute approximate surface area is 112 Å². The van der Waals surface area contributed by atoms with Crippen molar-refractivity contribution in [2.75, 3.05) is 26.7 Å². The number of unbranched alkanes of at least 4 members (excludes halogenated alkanes) is 2. The predicted molar refractivity (Wildman–Crippen MR) is 75.7 cm³/mol. The first-order valence-electron chi connectivity index (χ1n) is 7.80. The molecular formula is C15H30N2O. The van der Waals surface area contributed by atoms with Crippen molar-refractivity contribution in [1.82, 2.24) is 4.90 Å². The van der Waals surface area contributed by atoms with Gasteiger partial charge in [-0.15, -0.1) is 0 Å². The number of nitrogens with two attached hydrogens (primary N) is 1. The van der Waals surface area contributed by atoms with Crippen molar-refractivity contribution in [3.8, 4) is 0 Å². The summed E-state index contributed by atoms with van der Waals surface area (Å²) in [5, 5.41) is 0. The molecule has 0 amide bonds. The smallest absolute Gasteiger partial charge is 0.0710 e. The van der Waals surface area contributed by atoms with E-state index in [-0.39, 0.29) is 0 Å². The van der Waals surface area contributed by atoms with Crippen LogP contribution in [-0.4, -0.2) is 43.3 Å². The minimum atomic E-state index is 0.297. The SMILES string of the molecule is CN(CCCCCN)CC1CCC2(CCCC2)O1. The summed E-state index contributed by atoms with van der Waals surface area (Å²) in [6, 6.07) is 0. The van der Waals surface area contributed by atoms with E-state index in [9.17, 15) is 0 Å². The summed E-state index contributed by atoms with van der Waals surface area (Å²) in [4.78, 5) is 2.44. The van der Waals surface area contributed by atoms with Gasteiger partial charge in [0.15, 0.2) is 0 Å². The normalized spacial score (nSPS) is 26.5. The van der Waals surface area contributed by atoms with Crippen LogP contribution in [0.2, 0.25) is 0 Å². The van der Waals surface area contributed by atoms with Crippen LogP contribution in [0.5, 0.6) is 0 Å². The standard InChI is InChI=1S/C15H30N2O/c1-17(12-6-2-5-11-16)13-14-7-10-15(18-14)8-3-4-9-15/h14H,2-13,16H2,1H3. The number of ether oxygens (including phenoxy) is 1. The molecule has 3 nitrogen and oxygen atoms in total. The van der Waals surface area contributed by atoms with Crippen LogP contribution in [-0.2, 0) is 4.74 Å². The lowest BCUT2D eigenvalue weighted by molar-refractivity contribution is -0.0451. The van der Waals surface area contributed by atoms with Crippen molar-refractivity contribution >= 4 is 0 Å². The number of likely N-dealkylation sites (N-methyl/N-ethyl adjacent to an activating group) is 1. The molecule has 1 saturated heterocycles. The molecule has 0 aromatic carbocycles. The molecule has 2 N–H and O–H groups in total. The largest absolute Gasteiger partial charge is 0.370 e. The number of hydrogen-bond acceptors (Lipinski definition) is 3. The average molecular weight is 254 g/mol. The van der Waals surface area contributed by atoms with Crippen LogP contribution in [0.4, 0.5) is 0 Å². The maximum absolute atomic E-state index is 6.35. The van der Waals surface area contributed by atoms with Crippen LogP contribution in [0, 0.1) is 0 Å². The zero-order chi connectivity index (χ0) is 12.8. The summed E-state index contributed by atoms with van der Waals surface area (Å²) >= 11 is 0. The van der Waals surface area contributed by atoms with Crippen molar-refractivity contribution in [2.45, 2.75) is 69.5 Å². The molecule has 0 bridgehead atoms. The van der Waals surface area contributed by atoms with Gasteiger partial charge in [-0.3, -0.25) is 0 Å². The fourth-order valence-corrected chi connectivity index (χ4v) is 3.55. The second-order valence-corrected chi connectivity index (χ2v) is 6.28. The molecule has 1 saturated carbocycles. The van der Waals surface area contributed by atoms with Crippen LogP contribution in [0.1, 0.15) is 57.8 Å². The summed E-state index contributed by atoms with van der Waals surface area (Å²) in [5.74, 6) is 0. The molecule has 0 radical (unpaired) electrons. The van der Waals surface area contributed by atoms with Gasteiger partial charge in [0.1, 0.15) is 0 Å². The average Bonchev–Trinajstić information content (AvgIpc) is 2.96. The van der Waals surface area contributed by atoms with Crippen molar-refractivity contribution in [2.24, 2.45) is 5.73 Å². The zero-order valence-electron chi connectivity index (χ0n) is 12.0. The third kappa shape index (κ3) is 3.94. The number of nitrogens with zero attached hydrogens (tertiary/aromatic N) is 1. The highest BCUT2D eigenvalue weighted by Gasteiger charge is 2.42. The van der Waals surface area contributed by atoms with E-state index in [1.54, 1.807) is 0 Å². The van der Waals surface area contributed by atoms with Crippen molar-refractivity contribution in [1.29, 1.82) is 0 Å². The molecule has 0 aromatic rings. The van der Waals surface area contributed by atoms with Crippen LogP contribution in [0.3, 0.4) is 0 Å². The molecule has 18 heavy (non-hydrogen) atoms. The molecule has 2 fully saturated rings. The van der Waals surface area contributed by atoms with Crippen LogP contribution in [0.15, 0.2) is 0 Å². The monoisotopic (exact) mass is 254 g/mol. The highest BCUT2D eigenvalue weighted by Crippen LogP contribution is 2.43. The van der Waals surface area contributed by atoms with Gasteiger partial charge in [0, 0.05) is 6.54 Å². The first-order chi connectivity index (χ1) is 8.74. The highest BCUT2D eigenvalue weighted by atomic mass is 16.5. The van der Waals surface area contributed by atoms with Gasteiger partial charge >= 0.3 is 0 Å². The molecule has 106 valence electrons. The number of rotatable bonds is 7. The first-order valence-corrected chi connectivity index (χ1v) is 7.80. The molecule has 1 unspecified atom stereocenters. The van der Waals surface area contributed by atoms with E-state index in [1.807, 2.05) is 0 Å². The van der Waals surface area contributed by atoms with E-state index in [0.29, 0.717) is 11.7 Å². The summed E-state index contributed by atoms with van der Waals surface area (Å²) in [7, 11) is 2.23. The molecule has 3 heteroatoms. The predicted octanol–water partition coefficient (Wildman–Crippen LogP) is 2.54. The van der Waals surface area contributed by atoms with Crippen molar-refractivity contribution in [3.05, 3.63) is 0 Å². The van der Waals surface area contributed by atoms with Crippen molar-refractivity contribution < 1.29 is 4.74 Å². The van der Waals surface area contributed by atoms with E-state index in [1.165, 1.54) is 57.9 Å². The van der Waals surface area contributed by atoms with Gasteiger partial charge in [-0.1, -0.05) is 19.3 Å². The Morgan fingerprint density at radius 2 is 1.94 bits per heavy atom. The Morgan fingerprint density at radius 3 is 2.67 bits per heavy atom. The molecular weight excluding hydrogens is 224 g/mol. The van der Waals surface area contributed by atoms with Gasteiger partial charge in [-0.05, 0) is 58.7 Å². The number of hydrogen-bond donors (Lipinski definition) is 1. The lowest BCUT2D eigenvalue weighted by Crippen LogP contribution is -2.32. The quantitative estimate of drug-likeness (QED) is 0.710. The lowest BCUT2D eigenvalue weighted by Gasteiger charge is -2.26. The Morgan fingerprint density at radius 1 is 1.17 bits per heavy atom. The maximum Gasteiger partial charge on any atom is 0.0710 e. The van der Waals surface area contributed by atoms with Gasteiger partial charge in [0.05, 0.1) is 11.7 Å². The van der Waals surface area contributed by atoms with Crippen molar-refractivity contribution in [3.63, 3.8) is 0 Å². The Balaban J connectivity index is 1.61.